The number of carbonyl (C=O) groups is 2. The van der Waals surface area contributed by atoms with Gasteiger partial charge in [-0.15, -0.1) is 0 Å². The monoisotopic (exact) mass is 476 g/mol. The first kappa shape index (κ1) is 25.4. The van der Waals surface area contributed by atoms with Gasteiger partial charge in [0.1, 0.15) is 6.04 Å². The van der Waals surface area contributed by atoms with Crippen LogP contribution in [0.25, 0.3) is 0 Å². The summed E-state index contributed by atoms with van der Waals surface area (Å²) in [6.07, 6.45) is 0.680. The molecule has 2 aromatic carbocycles. The first-order chi connectivity index (χ1) is 16.8. The second kappa shape index (κ2) is 11.4. The zero-order valence-electron chi connectivity index (χ0n) is 21.7. The molecule has 0 spiro atoms. The molecular weight excluding hydrogens is 436 g/mol. The zero-order valence-corrected chi connectivity index (χ0v) is 21.7. The van der Waals surface area contributed by atoms with Crippen molar-refractivity contribution in [2.75, 3.05) is 39.3 Å². The van der Waals surface area contributed by atoms with Crippen LogP contribution in [0.5, 0.6) is 0 Å². The van der Waals surface area contributed by atoms with Crippen LogP contribution >= 0.6 is 0 Å². The van der Waals surface area contributed by atoms with Gasteiger partial charge in [0, 0.05) is 57.4 Å². The van der Waals surface area contributed by atoms with Gasteiger partial charge in [-0.05, 0) is 49.4 Å². The summed E-state index contributed by atoms with van der Waals surface area (Å²) in [6, 6.07) is 15.9. The van der Waals surface area contributed by atoms with Crippen LogP contribution in [0.3, 0.4) is 0 Å². The Morgan fingerprint density at radius 1 is 1.03 bits per heavy atom. The molecule has 2 heterocycles. The maximum Gasteiger partial charge on any atom is 0.254 e. The van der Waals surface area contributed by atoms with E-state index in [1.165, 1.54) is 11.1 Å². The molecule has 2 fully saturated rings. The molecule has 188 valence electrons. The average Bonchev–Trinajstić information content (AvgIpc) is 3.30. The van der Waals surface area contributed by atoms with Gasteiger partial charge in [0.15, 0.2) is 0 Å². The van der Waals surface area contributed by atoms with Crippen molar-refractivity contribution in [1.29, 1.82) is 0 Å². The van der Waals surface area contributed by atoms with Crippen molar-refractivity contribution in [1.82, 2.24) is 20.0 Å². The fraction of sp³-hybridized carbons (Fsp3) is 0.517. The number of amides is 2. The van der Waals surface area contributed by atoms with Crippen LogP contribution in [0.1, 0.15) is 47.3 Å². The summed E-state index contributed by atoms with van der Waals surface area (Å²) in [7, 11) is 0. The van der Waals surface area contributed by atoms with Gasteiger partial charge < -0.3 is 15.1 Å². The van der Waals surface area contributed by atoms with E-state index < -0.39 is 6.04 Å². The largest absolute Gasteiger partial charge is 0.338 e. The summed E-state index contributed by atoms with van der Waals surface area (Å²) in [4.78, 5) is 33.7. The van der Waals surface area contributed by atoms with Crippen LogP contribution in [0.15, 0.2) is 48.5 Å². The number of likely N-dealkylation sites (tertiary alicyclic amines) is 1. The van der Waals surface area contributed by atoms with E-state index in [-0.39, 0.29) is 17.9 Å². The first-order valence-corrected chi connectivity index (χ1v) is 13.0. The Balaban J connectivity index is 1.61. The summed E-state index contributed by atoms with van der Waals surface area (Å²) >= 11 is 0. The molecule has 2 aliphatic heterocycles. The Kier molecular flexibility index (Phi) is 8.24. The molecule has 4 rings (SSSR count). The zero-order chi connectivity index (χ0) is 24.9. The van der Waals surface area contributed by atoms with Crippen LogP contribution in [-0.2, 0) is 11.3 Å². The Bertz CT molecular complexity index is 1010. The molecule has 2 atom stereocenters. The molecule has 2 saturated heterocycles. The van der Waals surface area contributed by atoms with Crippen molar-refractivity contribution >= 4 is 11.8 Å². The normalized spacial score (nSPS) is 20.6. The van der Waals surface area contributed by atoms with E-state index in [0.717, 1.165) is 31.7 Å². The van der Waals surface area contributed by atoms with E-state index >= 15 is 0 Å². The van der Waals surface area contributed by atoms with Crippen LogP contribution < -0.4 is 5.32 Å². The van der Waals surface area contributed by atoms with Gasteiger partial charge in [0.25, 0.3) is 5.91 Å². The summed E-state index contributed by atoms with van der Waals surface area (Å²) in [5.41, 5.74) is 4.36. The minimum Gasteiger partial charge on any atom is -0.338 e. The second-order valence-corrected chi connectivity index (χ2v) is 10.6. The Labute approximate surface area is 210 Å². The third kappa shape index (κ3) is 6.11. The molecule has 0 radical (unpaired) electrons. The number of carbonyl (C=O) groups excluding carboxylic acids is 2. The third-order valence-electron chi connectivity index (χ3n) is 7.30. The van der Waals surface area contributed by atoms with Crippen molar-refractivity contribution in [3.8, 4) is 0 Å². The number of benzene rings is 2. The van der Waals surface area contributed by atoms with Crippen LogP contribution in [0.2, 0.25) is 0 Å². The molecule has 2 aromatic rings. The van der Waals surface area contributed by atoms with Gasteiger partial charge >= 0.3 is 0 Å². The molecular formula is C29H40N4O2. The molecule has 0 aliphatic carbocycles. The van der Waals surface area contributed by atoms with Gasteiger partial charge in [0.05, 0.1) is 0 Å². The Morgan fingerprint density at radius 3 is 2.37 bits per heavy atom. The van der Waals surface area contributed by atoms with E-state index in [4.69, 9.17) is 0 Å². The minimum absolute atomic E-state index is 0.0404. The number of nitrogens with one attached hydrogen (secondary N) is 1. The van der Waals surface area contributed by atoms with Crippen molar-refractivity contribution in [2.24, 2.45) is 5.92 Å². The van der Waals surface area contributed by atoms with Gasteiger partial charge in [0.2, 0.25) is 5.91 Å². The predicted octanol–water partition coefficient (Wildman–Crippen LogP) is 3.48. The SMILES string of the molecule is Cc1ccc(C(=O)N2CC(N(Cc3ccccc3C)CC(C)C)CC2C(=O)N2CCNCC2)cc1. The maximum atomic E-state index is 13.7. The van der Waals surface area contributed by atoms with E-state index in [9.17, 15) is 9.59 Å². The Hall–Kier alpha value is -2.70. The number of piperazine rings is 1. The van der Waals surface area contributed by atoms with Gasteiger partial charge in [-0.2, -0.15) is 0 Å². The average molecular weight is 477 g/mol. The highest BCUT2D eigenvalue weighted by Gasteiger charge is 2.43. The van der Waals surface area contributed by atoms with E-state index in [1.54, 1.807) is 0 Å². The molecule has 2 aliphatic rings. The lowest BCUT2D eigenvalue weighted by molar-refractivity contribution is -0.135. The molecule has 0 bridgehead atoms. The number of hydrogen-bond acceptors (Lipinski definition) is 4. The number of aryl methyl sites for hydroxylation is 2. The number of hydrogen-bond donors (Lipinski definition) is 1. The summed E-state index contributed by atoms with van der Waals surface area (Å²) in [5, 5.41) is 3.32. The Morgan fingerprint density at radius 2 is 1.71 bits per heavy atom. The highest BCUT2D eigenvalue weighted by atomic mass is 16.2. The third-order valence-corrected chi connectivity index (χ3v) is 7.30. The van der Waals surface area contributed by atoms with E-state index in [0.29, 0.717) is 37.5 Å². The fourth-order valence-corrected chi connectivity index (χ4v) is 5.31. The van der Waals surface area contributed by atoms with Crippen molar-refractivity contribution in [3.05, 3.63) is 70.8 Å². The molecule has 6 nitrogen and oxygen atoms in total. The summed E-state index contributed by atoms with van der Waals surface area (Å²) in [6.45, 7) is 14.0. The van der Waals surface area contributed by atoms with Crippen molar-refractivity contribution < 1.29 is 9.59 Å². The second-order valence-electron chi connectivity index (χ2n) is 10.6. The van der Waals surface area contributed by atoms with Crippen LogP contribution in [0, 0.1) is 19.8 Å². The first-order valence-electron chi connectivity index (χ1n) is 13.0. The van der Waals surface area contributed by atoms with E-state index in [1.807, 2.05) is 41.0 Å². The van der Waals surface area contributed by atoms with Crippen LogP contribution in [0.4, 0.5) is 0 Å². The molecule has 2 unspecified atom stereocenters. The lowest BCUT2D eigenvalue weighted by Crippen LogP contribution is -2.53. The smallest absolute Gasteiger partial charge is 0.254 e. The van der Waals surface area contributed by atoms with Gasteiger partial charge in [-0.3, -0.25) is 14.5 Å². The molecule has 35 heavy (non-hydrogen) atoms. The minimum atomic E-state index is -0.418. The number of nitrogens with zero attached hydrogens (tertiary/aromatic N) is 3. The lowest BCUT2D eigenvalue weighted by Gasteiger charge is -2.32. The molecule has 6 heteroatoms. The highest BCUT2D eigenvalue weighted by molar-refractivity contribution is 5.98. The molecule has 0 aromatic heterocycles. The maximum absolute atomic E-state index is 13.7. The molecule has 0 saturated carbocycles. The standard InChI is InChI=1S/C29H40N4O2/c1-21(2)18-32(19-25-8-6-5-7-23(25)4)26-17-27(29(35)31-15-13-30-14-16-31)33(20-26)28(34)24-11-9-22(3)10-12-24/h5-12,21,26-27,30H,13-20H2,1-4H3. The van der Waals surface area contributed by atoms with Crippen LogP contribution in [-0.4, -0.2) is 77.9 Å². The lowest BCUT2D eigenvalue weighted by atomic mass is 10.0. The van der Waals surface area contributed by atoms with Crippen molar-refractivity contribution in [2.45, 2.75) is 52.7 Å². The molecule has 2 amide bonds. The molecule has 1 N–H and O–H groups in total. The number of rotatable bonds is 7. The topological polar surface area (TPSA) is 55.9 Å². The fourth-order valence-electron chi connectivity index (χ4n) is 5.31. The van der Waals surface area contributed by atoms with Crippen molar-refractivity contribution in [3.63, 3.8) is 0 Å². The van der Waals surface area contributed by atoms with Gasteiger partial charge in [-0.25, -0.2) is 0 Å². The summed E-state index contributed by atoms with van der Waals surface area (Å²) < 4.78 is 0. The quantitative estimate of drug-likeness (QED) is 0.665. The van der Waals surface area contributed by atoms with E-state index in [2.05, 4.69) is 55.3 Å². The highest BCUT2D eigenvalue weighted by Crippen LogP contribution is 2.28. The summed E-state index contributed by atoms with van der Waals surface area (Å²) in [5.74, 6) is 0.541. The predicted molar refractivity (Wildman–Crippen MR) is 140 cm³/mol. The van der Waals surface area contributed by atoms with Gasteiger partial charge in [-0.1, -0.05) is 55.8 Å².